The first-order valence-electron chi connectivity index (χ1n) is 25.1. The predicted molar refractivity (Wildman–Crippen MR) is 283 cm³/mol. The number of hydrogen-bond acceptors (Lipinski definition) is 2. The van der Waals surface area contributed by atoms with E-state index >= 15 is 0 Å². The van der Waals surface area contributed by atoms with Crippen molar-refractivity contribution in [2.24, 2.45) is 0 Å². The minimum absolute atomic E-state index is 0.196. The number of fused-ring (bicyclic) bond motifs is 12. The molecule has 0 amide bonds. The van der Waals surface area contributed by atoms with Crippen LogP contribution in [-0.4, -0.2) is 18.3 Å². The zero-order chi connectivity index (χ0) is 61.3. The van der Waals surface area contributed by atoms with Gasteiger partial charge < -0.3 is 18.3 Å². The minimum atomic E-state index is -5.20. The molecule has 0 N–H and O–H groups in total. The fourth-order valence-electron chi connectivity index (χ4n) is 11.8. The lowest BCUT2D eigenvalue weighted by Crippen LogP contribution is -2.17. The van der Waals surface area contributed by atoms with Crippen molar-refractivity contribution in [3.8, 4) is 34.9 Å². The third-order valence-corrected chi connectivity index (χ3v) is 15.4. The Morgan fingerprint density at radius 2 is 0.430 bits per heavy atom. The summed E-state index contributed by atoms with van der Waals surface area (Å²) in [5, 5.41) is 21.6. The summed E-state index contributed by atoms with van der Waals surface area (Å²) >= 11 is 0. The number of rotatable bonds is 4. The van der Waals surface area contributed by atoms with Crippen LogP contribution in [0.3, 0.4) is 0 Å². The Hall–Kier alpha value is -10.1. The van der Waals surface area contributed by atoms with Crippen LogP contribution >= 0.6 is 0 Å². The van der Waals surface area contributed by atoms with E-state index in [-0.39, 0.29) is 11.0 Å². The molecule has 0 radical (unpaired) electrons. The largest absolute Gasteiger partial charge is 0.416 e. The topological polar surface area (TPSA) is 67.3 Å². The molecular formula is C62H26F18N6. The molecule has 0 atom stereocenters. The van der Waals surface area contributed by atoms with Crippen LogP contribution in [0.15, 0.2) is 158 Å². The van der Waals surface area contributed by atoms with Gasteiger partial charge in [0.15, 0.2) is 0 Å². The molecule has 0 fully saturated rings. The second kappa shape index (κ2) is 18.2. The van der Waals surface area contributed by atoms with Crippen LogP contribution in [0.5, 0.6) is 0 Å². The predicted octanol–water partition coefficient (Wildman–Crippen LogP) is 19.9. The van der Waals surface area contributed by atoms with Gasteiger partial charge in [-0.3, -0.25) is 0 Å². The van der Waals surface area contributed by atoms with E-state index in [0.717, 1.165) is 50.1 Å². The van der Waals surface area contributed by atoms with Crippen molar-refractivity contribution in [3.05, 3.63) is 202 Å². The average Bonchev–Trinajstić information content (AvgIpc) is 1.45. The second-order valence-corrected chi connectivity index (χ2v) is 20.1. The Morgan fingerprint density at radius 3 is 0.651 bits per heavy atom. The van der Waals surface area contributed by atoms with Crippen molar-refractivity contribution in [2.45, 2.75) is 37.1 Å². The molecule has 0 aliphatic heterocycles. The molecule has 24 heteroatoms. The fraction of sp³-hybridized carbons (Fsp3) is 0.0968. The van der Waals surface area contributed by atoms with Crippen molar-refractivity contribution in [3.63, 3.8) is 0 Å². The molecule has 0 aliphatic rings. The van der Waals surface area contributed by atoms with E-state index < -0.39 is 170 Å². The normalized spacial score (nSPS) is 13.2. The van der Waals surface area contributed by atoms with E-state index in [1.54, 1.807) is 36.4 Å². The van der Waals surface area contributed by atoms with Gasteiger partial charge in [-0.15, -0.1) is 0 Å². The summed E-state index contributed by atoms with van der Waals surface area (Å²) in [6.07, 6.45) is -31.1. The number of nitrogens with zero attached hydrogens (tertiary/aromatic N) is 6. The second-order valence-electron chi connectivity index (χ2n) is 20.1. The monoisotopic (exact) mass is 1200 g/mol. The number of para-hydroxylation sites is 2. The Morgan fingerprint density at radius 1 is 0.233 bits per heavy atom. The maximum atomic E-state index is 14.9. The number of benzene rings is 9. The molecule has 6 nitrogen and oxygen atoms in total. The van der Waals surface area contributed by atoms with Crippen LogP contribution in [0.4, 0.5) is 79.0 Å². The Kier molecular flexibility index (Phi) is 11.7. The van der Waals surface area contributed by atoms with Gasteiger partial charge in [-0.2, -0.15) is 89.6 Å². The number of hydrogen-bond donors (Lipinski definition) is 0. The SMILES string of the molecule is N#Cc1c(-n2c3ccccc3c3ccccc32)c(C#N)c(-n2c3ccc(C(F)(F)F)cc3c3cc(C(F)(F)F)ccc32)c(-n2c3ccc(C(F)(F)F)cc3c3cc(C(F)(F)F)ccc32)c1-n1c2ccc(C(F)(F)F)cc2c2cc(C(F)(F)F)ccc21. The number of halogens is 18. The Bertz CT molecular complexity index is 4720. The zero-order valence-corrected chi connectivity index (χ0v) is 42.5. The summed E-state index contributed by atoms with van der Waals surface area (Å²) in [5.74, 6) is 0. The van der Waals surface area contributed by atoms with Crippen LogP contribution < -0.4 is 0 Å². The van der Waals surface area contributed by atoms with E-state index in [0.29, 0.717) is 83.6 Å². The molecule has 0 spiro atoms. The maximum Gasteiger partial charge on any atom is 0.416 e. The van der Waals surface area contributed by atoms with Crippen LogP contribution in [0, 0.1) is 22.7 Å². The van der Waals surface area contributed by atoms with Crippen molar-refractivity contribution in [1.82, 2.24) is 18.3 Å². The molecule has 0 unspecified atom stereocenters. The van der Waals surface area contributed by atoms with Gasteiger partial charge in [-0.1, -0.05) is 36.4 Å². The first kappa shape index (κ1) is 55.1. The summed E-state index contributed by atoms with van der Waals surface area (Å²) in [6, 6.07) is 27.8. The zero-order valence-electron chi connectivity index (χ0n) is 42.5. The quantitative estimate of drug-likeness (QED) is 0.165. The highest BCUT2D eigenvalue weighted by molar-refractivity contribution is 6.16. The van der Waals surface area contributed by atoms with Crippen LogP contribution in [0.1, 0.15) is 44.5 Å². The summed E-state index contributed by atoms with van der Waals surface area (Å²) in [4.78, 5) is 0. The summed E-state index contributed by atoms with van der Waals surface area (Å²) in [5.41, 5.74) is -14.8. The highest BCUT2D eigenvalue weighted by Crippen LogP contribution is 2.52. The van der Waals surface area contributed by atoms with E-state index in [1.165, 1.54) is 16.7 Å². The summed E-state index contributed by atoms with van der Waals surface area (Å²) in [6.45, 7) is 0. The van der Waals surface area contributed by atoms with Crippen molar-refractivity contribution >= 4 is 87.2 Å². The molecule has 0 saturated heterocycles. The summed E-state index contributed by atoms with van der Waals surface area (Å²) < 4.78 is 272. The molecule has 13 rings (SSSR count). The first-order valence-corrected chi connectivity index (χ1v) is 25.1. The van der Waals surface area contributed by atoms with E-state index in [1.807, 2.05) is 0 Å². The van der Waals surface area contributed by atoms with Gasteiger partial charge in [0.2, 0.25) is 0 Å². The van der Waals surface area contributed by atoms with Gasteiger partial charge in [-0.25, -0.2) is 0 Å². The van der Waals surface area contributed by atoms with Gasteiger partial charge in [0.25, 0.3) is 0 Å². The Labute approximate surface area is 467 Å². The van der Waals surface area contributed by atoms with Gasteiger partial charge in [-0.05, 0) is 121 Å². The molecule has 0 bridgehead atoms. The summed E-state index contributed by atoms with van der Waals surface area (Å²) in [7, 11) is 0. The fourth-order valence-corrected chi connectivity index (χ4v) is 11.8. The van der Waals surface area contributed by atoms with E-state index in [9.17, 15) is 89.6 Å². The lowest BCUT2D eigenvalue weighted by atomic mass is 9.98. The standard InChI is InChI=1S/C62H26F18N6/c63-57(64,65)29-9-15-47-37(21-29)38-22-30(58(66,67)68)10-16-48(38)84(47)54-43(27-81)53(83-45-7-3-1-5-35(45)36-6-2-4-8-46(36)83)44(28-82)55(85-49-17-11-31(59(69,70)71)23-39(49)40-24-32(60(72,73)74)12-18-50(40)85)56(54)86-51-19-13-33(61(75,76)77)25-41(51)42-26-34(62(78,79)80)14-20-52(42)86/h1-26H. The maximum absolute atomic E-state index is 14.9. The third-order valence-electron chi connectivity index (χ3n) is 15.4. The lowest BCUT2D eigenvalue weighted by molar-refractivity contribution is -0.138. The van der Waals surface area contributed by atoms with Gasteiger partial charge in [0.1, 0.15) is 23.3 Å². The van der Waals surface area contributed by atoms with Crippen molar-refractivity contribution < 1.29 is 79.0 Å². The molecule has 86 heavy (non-hydrogen) atoms. The first-order chi connectivity index (χ1) is 40.4. The average molecular weight is 1200 g/mol. The molecule has 4 aromatic heterocycles. The number of nitriles is 2. The van der Waals surface area contributed by atoms with E-state index in [2.05, 4.69) is 12.1 Å². The number of aromatic nitrogens is 4. The molecular weight excluding hydrogens is 1170 g/mol. The van der Waals surface area contributed by atoms with E-state index in [4.69, 9.17) is 0 Å². The van der Waals surface area contributed by atoms with Crippen LogP contribution in [0.2, 0.25) is 0 Å². The highest BCUT2D eigenvalue weighted by atomic mass is 19.4. The van der Waals surface area contributed by atoms with Crippen LogP contribution in [-0.2, 0) is 37.1 Å². The van der Waals surface area contributed by atoms with Gasteiger partial charge >= 0.3 is 37.1 Å². The molecule has 0 aliphatic carbocycles. The van der Waals surface area contributed by atoms with Crippen molar-refractivity contribution in [2.75, 3.05) is 0 Å². The Balaban J connectivity index is 1.39. The molecule has 13 aromatic rings. The number of alkyl halides is 18. The third kappa shape index (κ3) is 8.27. The van der Waals surface area contributed by atoms with Gasteiger partial charge in [0.05, 0.1) is 100 Å². The molecule has 9 aromatic carbocycles. The highest BCUT2D eigenvalue weighted by Gasteiger charge is 2.41. The smallest absolute Gasteiger partial charge is 0.306 e. The van der Waals surface area contributed by atoms with Gasteiger partial charge in [0, 0.05) is 43.1 Å². The lowest BCUT2D eigenvalue weighted by Gasteiger charge is -2.27. The van der Waals surface area contributed by atoms with Crippen LogP contribution in [0.25, 0.3) is 110 Å². The molecule has 4 heterocycles. The van der Waals surface area contributed by atoms with Crippen molar-refractivity contribution in [1.29, 1.82) is 10.5 Å². The molecule has 0 saturated carbocycles. The molecule has 430 valence electrons. The minimum Gasteiger partial charge on any atom is -0.306 e.